The summed E-state index contributed by atoms with van der Waals surface area (Å²) in [5, 5.41) is 11.5. The number of hydrogen-bond donors (Lipinski definition) is 3. The topological polar surface area (TPSA) is 285 Å². The number of halogens is 1. The van der Waals surface area contributed by atoms with Gasteiger partial charge in [0.15, 0.2) is 41.6 Å². The van der Waals surface area contributed by atoms with Crippen LogP contribution in [0.1, 0.15) is 33.2 Å². The van der Waals surface area contributed by atoms with Crippen LogP contribution >= 0.6 is 26.0 Å². The van der Waals surface area contributed by atoms with Gasteiger partial charge in [0.1, 0.15) is 60.1 Å². The minimum Gasteiger partial charge on any atom is -0.454 e. The molecule has 4 aromatic heterocycles. The molecule has 0 aliphatic carbocycles. The van der Waals surface area contributed by atoms with Crippen molar-refractivity contribution in [2.45, 2.75) is 69.9 Å². The molecular weight excluding hydrogens is 769 g/mol. The number of nitrogens with zero attached hydrogens (tertiary/aromatic N) is 8. The van der Waals surface area contributed by atoms with Crippen molar-refractivity contribution >= 4 is 65.9 Å². The Morgan fingerprint density at radius 2 is 1.51 bits per heavy atom. The molecule has 3 fully saturated rings. The summed E-state index contributed by atoms with van der Waals surface area (Å²) < 4.78 is 93.4. The van der Waals surface area contributed by atoms with E-state index in [1.807, 2.05) is 0 Å². The summed E-state index contributed by atoms with van der Waals surface area (Å²) in [6.07, 6.45) is -7.81. The number of aliphatic hydroxyl groups is 1. The average Bonchev–Trinajstić information content (AvgIpc) is 3.88. The fourth-order valence-electron chi connectivity index (χ4n) is 5.70. The first-order valence-electron chi connectivity index (χ1n) is 15.8. The molecule has 10 atom stereocenters. The predicted octanol–water partition coefficient (Wildman–Crippen LogP) is 2.28. The summed E-state index contributed by atoms with van der Waals surface area (Å²) in [6, 6.07) is 0. The highest BCUT2D eigenvalue weighted by molar-refractivity contribution is 8.55. The number of phosphoric acid groups is 1. The van der Waals surface area contributed by atoms with E-state index in [4.69, 9.17) is 48.3 Å². The SMILES string of the molecule is COP1(=O)OC[C@H]2O[C@@H](n3cnc4c(N)ncnc43)C(OP(=O)(SCOC(=O)C(C)(C)C)OC[C@H]3O[C@@H](n4cnc5c(N)ncnc54)C(F)C3O1)C2O. The van der Waals surface area contributed by atoms with E-state index < -0.39 is 94.3 Å². The van der Waals surface area contributed by atoms with Gasteiger partial charge in [-0.05, 0) is 20.8 Å². The number of rotatable bonds is 6. The molecule has 0 amide bonds. The van der Waals surface area contributed by atoms with Crippen LogP contribution in [-0.2, 0) is 50.8 Å². The first-order valence-corrected chi connectivity index (χ1v) is 20.4. The number of nitrogen functional groups attached to an aromatic ring is 2. The van der Waals surface area contributed by atoms with Crippen molar-refractivity contribution in [3.63, 3.8) is 0 Å². The lowest BCUT2D eigenvalue weighted by molar-refractivity contribution is -0.150. The van der Waals surface area contributed by atoms with Crippen LogP contribution in [0, 0.1) is 5.41 Å². The highest BCUT2D eigenvalue weighted by Gasteiger charge is 2.55. The maximum absolute atomic E-state index is 16.5. The normalized spacial score (nSPS) is 34.0. The number of ether oxygens (including phenoxy) is 3. The highest BCUT2D eigenvalue weighted by Crippen LogP contribution is 2.64. The summed E-state index contributed by atoms with van der Waals surface area (Å²) >= 11 is 0.470. The van der Waals surface area contributed by atoms with Gasteiger partial charge in [-0.1, -0.05) is 0 Å². The van der Waals surface area contributed by atoms with Crippen LogP contribution in [0.15, 0.2) is 25.3 Å². The van der Waals surface area contributed by atoms with E-state index in [0.717, 1.165) is 13.4 Å². The fourth-order valence-corrected chi connectivity index (χ4v) is 9.60. The van der Waals surface area contributed by atoms with Gasteiger partial charge in [-0.15, -0.1) is 0 Å². The number of carbonyl (C=O) groups is 1. The second-order valence-corrected chi connectivity index (χ2v) is 18.7. The first-order chi connectivity index (χ1) is 25.1. The summed E-state index contributed by atoms with van der Waals surface area (Å²) in [7, 11) is -3.64. The molecule has 5 N–H and O–H groups in total. The number of imidazole rings is 2. The fraction of sp³-hybridized carbons (Fsp3) is 0.593. The Bertz CT molecular complexity index is 2110. The molecule has 0 radical (unpaired) electrons. The van der Waals surface area contributed by atoms with Crippen molar-refractivity contribution in [3.8, 4) is 0 Å². The third-order valence-corrected chi connectivity index (χ3v) is 13.2. The molecule has 0 spiro atoms. The lowest BCUT2D eigenvalue weighted by Gasteiger charge is -2.28. The third-order valence-electron chi connectivity index (χ3n) is 8.43. The molecule has 2 bridgehead atoms. The van der Waals surface area contributed by atoms with Crippen LogP contribution in [0.4, 0.5) is 16.0 Å². The molecule has 53 heavy (non-hydrogen) atoms. The molecule has 7 rings (SSSR count). The van der Waals surface area contributed by atoms with Crippen LogP contribution in [-0.4, -0.2) is 113 Å². The molecule has 288 valence electrons. The van der Waals surface area contributed by atoms with Crippen LogP contribution in [0.3, 0.4) is 0 Å². The number of fused-ring (bicyclic) bond motifs is 5. The number of anilines is 2. The Hall–Kier alpha value is -3.41. The van der Waals surface area contributed by atoms with E-state index in [2.05, 4.69) is 29.9 Å². The third kappa shape index (κ3) is 7.25. The predicted molar refractivity (Wildman–Crippen MR) is 180 cm³/mol. The molecular formula is C27H35FN10O12P2S. The lowest BCUT2D eigenvalue weighted by Crippen LogP contribution is -2.35. The smallest absolute Gasteiger partial charge is 0.454 e. The summed E-state index contributed by atoms with van der Waals surface area (Å²) in [5.74, 6) is -1.06. The standard InChI is InChI=1S/C27H35FN10O12P2S/c1-27(2,3)26(40)44-11-53-52(42)46-6-13-18(14(28)24(48-13)37-9-35-15-20(29)31-7-33-22(15)37)49-51(41,43-4)45-5-12-17(39)19(50-52)25(47-12)38-10-36-16-21(30)32-8-34-23(16)38/h7-10,12-14,17-19,24-25,39H,5-6,11H2,1-4H3,(H2,29,31,33)(H2,30,32,34)/t12-,13-,14?,17?,18?,19?,24-,25-,51?,52?/m1/s1. The van der Waals surface area contributed by atoms with Crippen LogP contribution in [0.25, 0.3) is 22.3 Å². The first kappa shape index (κ1) is 37.9. The number of phosphoric ester groups is 1. The van der Waals surface area contributed by atoms with Gasteiger partial charge < -0.3 is 30.8 Å². The Morgan fingerprint density at radius 3 is 2.11 bits per heavy atom. The van der Waals surface area contributed by atoms with Gasteiger partial charge in [-0.2, -0.15) is 0 Å². The molecule has 22 nitrogen and oxygen atoms in total. The average molecular weight is 805 g/mol. The van der Waals surface area contributed by atoms with E-state index in [1.165, 1.54) is 28.1 Å². The minimum atomic E-state index is -4.65. The number of alkyl halides is 1. The summed E-state index contributed by atoms with van der Waals surface area (Å²) in [6.45, 7) is -1.06. The number of esters is 1. The van der Waals surface area contributed by atoms with Crippen molar-refractivity contribution in [1.29, 1.82) is 0 Å². The summed E-state index contributed by atoms with van der Waals surface area (Å²) in [5.41, 5.74) is 11.6. The number of hydrogen-bond acceptors (Lipinski definition) is 21. The van der Waals surface area contributed by atoms with E-state index in [-0.39, 0.29) is 34.0 Å². The molecule has 3 saturated heterocycles. The molecule has 3 aliphatic heterocycles. The van der Waals surface area contributed by atoms with Gasteiger partial charge in [-0.3, -0.25) is 36.5 Å². The molecule has 26 heteroatoms. The molecule has 4 aromatic rings. The van der Waals surface area contributed by atoms with Crippen LogP contribution in [0.2, 0.25) is 0 Å². The van der Waals surface area contributed by atoms with Crippen molar-refractivity contribution in [2.24, 2.45) is 5.41 Å². The van der Waals surface area contributed by atoms with Gasteiger partial charge in [0.05, 0.1) is 31.3 Å². The van der Waals surface area contributed by atoms with E-state index in [0.29, 0.717) is 11.4 Å². The zero-order valence-corrected chi connectivity index (χ0v) is 31.0. The van der Waals surface area contributed by atoms with Crippen LogP contribution in [0.5, 0.6) is 0 Å². The van der Waals surface area contributed by atoms with E-state index in [1.54, 1.807) is 20.8 Å². The second-order valence-electron chi connectivity index (χ2n) is 13.0. The zero-order valence-electron chi connectivity index (χ0n) is 28.4. The number of carbonyl (C=O) groups excluding carboxylic acids is 1. The largest absolute Gasteiger partial charge is 0.475 e. The Balaban J connectivity index is 1.25. The van der Waals surface area contributed by atoms with Crippen molar-refractivity contribution in [3.05, 3.63) is 25.3 Å². The van der Waals surface area contributed by atoms with Gasteiger partial charge in [0, 0.05) is 18.5 Å². The maximum Gasteiger partial charge on any atom is 0.475 e. The van der Waals surface area contributed by atoms with Crippen LogP contribution < -0.4 is 11.5 Å². The highest BCUT2D eigenvalue weighted by atomic mass is 32.7. The number of aliphatic hydroxyl groups excluding tert-OH is 1. The number of aromatic nitrogens is 8. The molecule has 3 aliphatic rings. The molecule has 7 heterocycles. The van der Waals surface area contributed by atoms with Gasteiger partial charge in [-0.25, -0.2) is 43.4 Å². The Labute approximate surface area is 303 Å². The van der Waals surface area contributed by atoms with E-state index >= 15 is 4.39 Å². The Morgan fingerprint density at radius 1 is 0.925 bits per heavy atom. The molecule has 6 unspecified atom stereocenters. The van der Waals surface area contributed by atoms with E-state index in [9.17, 15) is 19.0 Å². The molecule has 0 saturated carbocycles. The minimum absolute atomic E-state index is 0.0285. The zero-order chi connectivity index (χ0) is 37.9. The van der Waals surface area contributed by atoms with Gasteiger partial charge in [0.25, 0.3) is 0 Å². The van der Waals surface area contributed by atoms with Crippen molar-refractivity contribution in [2.75, 3.05) is 37.7 Å². The van der Waals surface area contributed by atoms with Crippen molar-refractivity contribution < 1.29 is 60.3 Å². The van der Waals surface area contributed by atoms with Gasteiger partial charge >= 0.3 is 20.6 Å². The monoisotopic (exact) mass is 804 g/mol. The number of nitrogens with two attached hydrogens (primary N) is 2. The van der Waals surface area contributed by atoms with Gasteiger partial charge in [0.2, 0.25) is 0 Å². The quantitative estimate of drug-likeness (QED) is 0.143. The Kier molecular flexibility index (Phi) is 10.3. The maximum atomic E-state index is 16.5. The molecule has 0 aromatic carbocycles. The summed E-state index contributed by atoms with van der Waals surface area (Å²) in [4.78, 5) is 37.1. The van der Waals surface area contributed by atoms with Crippen molar-refractivity contribution in [1.82, 2.24) is 39.0 Å². The second kappa shape index (κ2) is 14.3. The lowest BCUT2D eigenvalue weighted by atomic mass is 9.98.